The number of halogens is 1. The van der Waals surface area contributed by atoms with Crippen LogP contribution >= 0.6 is 15.9 Å². The van der Waals surface area contributed by atoms with Crippen LogP contribution in [0.25, 0.3) is 16.7 Å². The molecular formula is C28H24BrN3O4. The molecule has 0 aliphatic carbocycles. The molecule has 0 radical (unpaired) electrons. The van der Waals surface area contributed by atoms with Crippen LogP contribution in [0.1, 0.15) is 11.1 Å². The molecule has 0 aliphatic rings. The summed E-state index contributed by atoms with van der Waals surface area (Å²) >= 11 is 3.58. The van der Waals surface area contributed by atoms with Crippen molar-refractivity contribution in [3.63, 3.8) is 0 Å². The van der Waals surface area contributed by atoms with Crippen molar-refractivity contribution in [2.24, 2.45) is 7.05 Å². The fraction of sp³-hybridized carbons (Fsp3) is 0.143. The molecule has 182 valence electrons. The Labute approximate surface area is 216 Å². The highest BCUT2D eigenvalue weighted by Crippen LogP contribution is 2.35. The van der Waals surface area contributed by atoms with Gasteiger partial charge in [0.15, 0.2) is 0 Å². The molecule has 0 spiro atoms. The average Bonchev–Trinajstić information content (AvgIpc) is 3.17. The Bertz CT molecular complexity index is 1560. The number of aryl methyl sites for hydroxylation is 1. The lowest BCUT2D eigenvalue weighted by molar-refractivity contribution is 0.267. The number of rotatable bonds is 8. The Morgan fingerprint density at radius 3 is 2.11 bits per heavy atom. The third-order valence-corrected chi connectivity index (χ3v) is 6.60. The van der Waals surface area contributed by atoms with Gasteiger partial charge in [0.25, 0.3) is 0 Å². The molecular weight excluding hydrogens is 522 g/mol. The maximum Gasteiger partial charge on any atom is 0.333 e. The molecule has 2 heterocycles. The third kappa shape index (κ3) is 4.59. The standard InChI is InChI=1S/C28H24BrN3O4/c1-31-26-21(13-15-23(34-2)25(26)29)32(28(31)33)22-14-16-24(35-17-19-9-5-3-6-10-19)30-27(22)36-18-20-11-7-4-8-12-20/h3-16H,17-18H2,1-2H3. The van der Waals surface area contributed by atoms with Crippen molar-refractivity contribution in [2.75, 3.05) is 7.11 Å². The zero-order chi connectivity index (χ0) is 25.1. The largest absolute Gasteiger partial charge is 0.495 e. The van der Waals surface area contributed by atoms with Gasteiger partial charge in [0.05, 0.1) is 22.6 Å². The quantitative estimate of drug-likeness (QED) is 0.252. The lowest BCUT2D eigenvalue weighted by atomic mass is 10.2. The van der Waals surface area contributed by atoms with Crippen molar-refractivity contribution in [2.45, 2.75) is 13.2 Å². The normalized spacial score (nSPS) is 11.0. The van der Waals surface area contributed by atoms with Crippen LogP contribution in [0.2, 0.25) is 0 Å². The molecule has 0 N–H and O–H groups in total. The Hall–Kier alpha value is -4.04. The van der Waals surface area contributed by atoms with Crippen molar-refractivity contribution < 1.29 is 14.2 Å². The summed E-state index contributed by atoms with van der Waals surface area (Å²) < 4.78 is 21.4. The fourth-order valence-electron chi connectivity index (χ4n) is 4.00. The predicted octanol–water partition coefficient (Wildman–Crippen LogP) is 5.65. The lowest BCUT2D eigenvalue weighted by Gasteiger charge is -2.14. The van der Waals surface area contributed by atoms with Gasteiger partial charge in [-0.1, -0.05) is 60.7 Å². The molecule has 5 aromatic rings. The number of ether oxygens (including phenoxy) is 3. The smallest absolute Gasteiger partial charge is 0.333 e. The molecule has 0 aliphatic heterocycles. The first kappa shape index (κ1) is 23.7. The van der Waals surface area contributed by atoms with E-state index in [2.05, 4.69) is 20.9 Å². The second kappa shape index (κ2) is 10.3. The van der Waals surface area contributed by atoms with E-state index in [1.807, 2.05) is 72.8 Å². The van der Waals surface area contributed by atoms with Crippen LogP contribution in [0.5, 0.6) is 17.5 Å². The van der Waals surface area contributed by atoms with Gasteiger partial charge in [-0.3, -0.25) is 9.13 Å². The van der Waals surface area contributed by atoms with Crippen LogP contribution in [0.15, 0.2) is 94.2 Å². The first-order chi connectivity index (χ1) is 17.6. The monoisotopic (exact) mass is 545 g/mol. The zero-order valence-corrected chi connectivity index (χ0v) is 21.4. The molecule has 36 heavy (non-hydrogen) atoms. The van der Waals surface area contributed by atoms with E-state index in [0.29, 0.717) is 51.9 Å². The molecule has 0 saturated carbocycles. The second-order valence-corrected chi connectivity index (χ2v) is 8.94. The number of fused-ring (bicyclic) bond motifs is 1. The van der Waals surface area contributed by atoms with Crippen LogP contribution in [-0.4, -0.2) is 21.2 Å². The summed E-state index contributed by atoms with van der Waals surface area (Å²) in [5.41, 5.74) is 3.70. The Kier molecular flexibility index (Phi) is 6.77. The van der Waals surface area contributed by atoms with Gasteiger partial charge in [-0.15, -0.1) is 0 Å². The van der Waals surface area contributed by atoms with Gasteiger partial charge < -0.3 is 14.2 Å². The molecule has 0 atom stereocenters. The number of hydrogen-bond acceptors (Lipinski definition) is 5. The maximum absolute atomic E-state index is 13.4. The van der Waals surface area contributed by atoms with Gasteiger partial charge in [-0.2, -0.15) is 4.98 Å². The van der Waals surface area contributed by atoms with E-state index in [9.17, 15) is 4.79 Å². The highest BCUT2D eigenvalue weighted by atomic mass is 79.9. The molecule has 5 rings (SSSR count). The Balaban J connectivity index is 1.58. The maximum atomic E-state index is 13.4. The van der Waals surface area contributed by atoms with Crippen LogP contribution in [-0.2, 0) is 20.3 Å². The summed E-state index contributed by atoms with van der Waals surface area (Å²) in [6.45, 7) is 0.659. The van der Waals surface area contributed by atoms with Gasteiger partial charge >= 0.3 is 5.69 Å². The number of benzene rings is 3. The lowest BCUT2D eigenvalue weighted by Crippen LogP contribution is -2.21. The van der Waals surface area contributed by atoms with Gasteiger partial charge in [0.1, 0.15) is 24.7 Å². The topological polar surface area (TPSA) is 67.5 Å². The molecule has 0 bridgehead atoms. The molecule has 0 unspecified atom stereocenters. The van der Waals surface area contributed by atoms with Gasteiger partial charge in [0, 0.05) is 13.1 Å². The van der Waals surface area contributed by atoms with Crippen molar-refractivity contribution >= 4 is 27.0 Å². The van der Waals surface area contributed by atoms with E-state index in [0.717, 1.165) is 11.1 Å². The van der Waals surface area contributed by atoms with E-state index in [-0.39, 0.29) is 5.69 Å². The number of nitrogens with zero attached hydrogens (tertiary/aromatic N) is 3. The summed E-state index contributed by atoms with van der Waals surface area (Å²) in [6, 6.07) is 26.9. The minimum atomic E-state index is -0.233. The molecule has 3 aromatic carbocycles. The van der Waals surface area contributed by atoms with Gasteiger partial charge in [-0.25, -0.2) is 4.79 Å². The van der Waals surface area contributed by atoms with Gasteiger partial charge in [-0.05, 0) is 45.3 Å². The molecule has 0 fully saturated rings. The Morgan fingerprint density at radius 1 is 0.833 bits per heavy atom. The highest BCUT2D eigenvalue weighted by molar-refractivity contribution is 9.10. The van der Waals surface area contributed by atoms with Crippen molar-refractivity contribution in [1.82, 2.24) is 14.1 Å². The summed E-state index contributed by atoms with van der Waals surface area (Å²) in [6.07, 6.45) is 0. The molecule has 8 heteroatoms. The first-order valence-corrected chi connectivity index (χ1v) is 12.1. The summed E-state index contributed by atoms with van der Waals surface area (Å²) in [5, 5.41) is 0. The van der Waals surface area contributed by atoms with E-state index in [4.69, 9.17) is 14.2 Å². The first-order valence-electron chi connectivity index (χ1n) is 11.4. The van der Waals surface area contributed by atoms with E-state index < -0.39 is 0 Å². The summed E-state index contributed by atoms with van der Waals surface area (Å²) in [4.78, 5) is 18.1. The number of hydrogen-bond donors (Lipinski definition) is 0. The summed E-state index contributed by atoms with van der Waals surface area (Å²) in [7, 11) is 3.31. The van der Waals surface area contributed by atoms with Crippen molar-refractivity contribution in [3.8, 4) is 23.2 Å². The van der Waals surface area contributed by atoms with Crippen LogP contribution < -0.4 is 19.9 Å². The molecule has 7 nitrogen and oxygen atoms in total. The molecule has 0 amide bonds. The summed E-state index contributed by atoms with van der Waals surface area (Å²) in [5.74, 6) is 1.34. The number of imidazole rings is 1. The number of pyridine rings is 1. The highest BCUT2D eigenvalue weighted by Gasteiger charge is 2.21. The van der Waals surface area contributed by atoms with Crippen molar-refractivity contribution in [3.05, 3.63) is 111 Å². The fourth-order valence-corrected chi connectivity index (χ4v) is 4.77. The average molecular weight is 546 g/mol. The van der Waals surface area contributed by atoms with Crippen molar-refractivity contribution in [1.29, 1.82) is 0 Å². The number of methoxy groups -OCH3 is 1. The van der Waals surface area contributed by atoms with Crippen LogP contribution in [0.3, 0.4) is 0 Å². The Morgan fingerprint density at radius 2 is 1.47 bits per heavy atom. The van der Waals surface area contributed by atoms with E-state index >= 15 is 0 Å². The third-order valence-electron chi connectivity index (χ3n) is 5.84. The zero-order valence-electron chi connectivity index (χ0n) is 19.8. The van der Waals surface area contributed by atoms with Crippen LogP contribution in [0.4, 0.5) is 0 Å². The van der Waals surface area contributed by atoms with Crippen LogP contribution in [0, 0.1) is 0 Å². The predicted molar refractivity (Wildman–Crippen MR) is 142 cm³/mol. The van der Waals surface area contributed by atoms with E-state index in [1.54, 1.807) is 35.4 Å². The molecule has 2 aromatic heterocycles. The van der Waals surface area contributed by atoms with E-state index in [1.165, 1.54) is 0 Å². The second-order valence-electron chi connectivity index (χ2n) is 8.15. The SMILES string of the molecule is COc1ccc2c(c1Br)n(C)c(=O)n2-c1ccc(OCc2ccccc2)nc1OCc1ccccc1. The molecule has 0 saturated heterocycles. The minimum Gasteiger partial charge on any atom is -0.495 e. The van der Waals surface area contributed by atoms with Gasteiger partial charge in [0.2, 0.25) is 11.8 Å². The number of aromatic nitrogens is 3. The minimum absolute atomic E-state index is 0.233.